The first kappa shape index (κ1) is 17.7. The Morgan fingerprint density at radius 2 is 1.88 bits per heavy atom. The van der Waals surface area contributed by atoms with Gasteiger partial charge in [-0.25, -0.2) is 0 Å². The second-order valence-electron chi connectivity index (χ2n) is 5.32. The molecule has 0 aliphatic carbocycles. The van der Waals surface area contributed by atoms with Crippen LogP contribution in [0, 0.1) is 0 Å². The first-order valence-corrected chi connectivity index (χ1v) is 8.14. The third-order valence-corrected chi connectivity index (χ3v) is 3.52. The average molecular weight is 327 g/mol. The van der Waals surface area contributed by atoms with E-state index in [-0.39, 0.29) is 0 Å². The van der Waals surface area contributed by atoms with Crippen LogP contribution in [0.4, 0.5) is 5.69 Å². The molecule has 0 atom stereocenters. The van der Waals surface area contributed by atoms with Crippen molar-refractivity contribution < 1.29 is 9.47 Å². The van der Waals surface area contributed by atoms with E-state index in [0.717, 1.165) is 30.0 Å². The van der Waals surface area contributed by atoms with Crippen molar-refractivity contribution in [3.05, 3.63) is 54.1 Å². The Labute approximate surface area is 143 Å². The van der Waals surface area contributed by atoms with Gasteiger partial charge in [0.05, 0.1) is 13.7 Å². The second kappa shape index (κ2) is 9.45. The van der Waals surface area contributed by atoms with Crippen LogP contribution in [0.15, 0.2) is 53.5 Å². The summed E-state index contributed by atoms with van der Waals surface area (Å²) in [5.41, 5.74) is 8.13. The van der Waals surface area contributed by atoms with Gasteiger partial charge in [0, 0.05) is 18.7 Å². The van der Waals surface area contributed by atoms with Gasteiger partial charge in [0.25, 0.3) is 0 Å². The van der Waals surface area contributed by atoms with Crippen LogP contribution in [0.1, 0.15) is 18.9 Å². The fourth-order valence-electron chi connectivity index (χ4n) is 2.18. The maximum absolute atomic E-state index is 5.91. The first-order valence-electron chi connectivity index (χ1n) is 8.14. The second-order valence-corrected chi connectivity index (χ2v) is 5.32. The van der Waals surface area contributed by atoms with Crippen LogP contribution < -0.4 is 20.5 Å². The number of nitrogens with zero attached hydrogens (tertiary/aromatic N) is 1. The van der Waals surface area contributed by atoms with Crippen LogP contribution in [0.25, 0.3) is 0 Å². The Morgan fingerprint density at radius 3 is 2.58 bits per heavy atom. The molecule has 24 heavy (non-hydrogen) atoms. The fraction of sp³-hybridized carbons (Fsp3) is 0.316. The predicted molar refractivity (Wildman–Crippen MR) is 99.0 cm³/mol. The van der Waals surface area contributed by atoms with Crippen LogP contribution in [0.2, 0.25) is 0 Å². The summed E-state index contributed by atoms with van der Waals surface area (Å²) in [6.45, 7) is 3.33. The Bertz CT molecular complexity index is 654. The standard InChI is InChI=1S/C19H25N3O2/c1-3-15-6-4-7-16(14-15)22-19(20)21-12-5-13-24-18-10-8-17(23-2)9-11-18/h4,6-11,14H,3,5,12-13H2,1-2H3,(H3,20,21,22). The summed E-state index contributed by atoms with van der Waals surface area (Å²) < 4.78 is 10.8. The van der Waals surface area contributed by atoms with E-state index >= 15 is 0 Å². The normalized spacial score (nSPS) is 11.2. The van der Waals surface area contributed by atoms with Crippen LogP contribution in [-0.2, 0) is 6.42 Å². The molecule has 0 aliphatic rings. The van der Waals surface area contributed by atoms with Gasteiger partial charge in [0.1, 0.15) is 11.5 Å². The Hall–Kier alpha value is -2.69. The molecule has 128 valence electrons. The molecule has 0 radical (unpaired) electrons. The van der Waals surface area contributed by atoms with Gasteiger partial charge in [-0.15, -0.1) is 0 Å². The van der Waals surface area contributed by atoms with Gasteiger partial charge in [-0.05, 0) is 48.4 Å². The maximum Gasteiger partial charge on any atom is 0.193 e. The molecule has 0 saturated heterocycles. The molecule has 5 heteroatoms. The zero-order valence-electron chi connectivity index (χ0n) is 14.3. The highest BCUT2D eigenvalue weighted by Crippen LogP contribution is 2.17. The number of aliphatic imine (C=N–C) groups is 1. The van der Waals surface area contributed by atoms with Crippen LogP contribution in [0.5, 0.6) is 11.5 Å². The van der Waals surface area contributed by atoms with Crippen molar-refractivity contribution >= 4 is 11.6 Å². The molecule has 0 amide bonds. The summed E-state index contributed by atoms with van der Waals surface area (Å²) in [6.07, 6.45) is 1.79. The molecule has 0 aliphatic heterocycles. The molecule has 0 heterocycles. The smallest absolute Gasteiger partial charge is 0.193 e. The van der Waals surface area contributed by atoms with Gasteiger partial charge in [0.15, 0.2) is 5.96 Å². The molecule has 0 spiro atoms. The first-order chi connectivity index (χ1) is 11.7. The molecular weight excluding hydrogens is 302 g/mol. The SMILES string of the molecule is CCc1cccc(NC(N)=NCCCOc2ccc(OC)cc2)c1. The number of nitrogens with two attached hydrogens (primary N) is 1. The number of hydrogen-bond acceptors (Lipinski definition) is 3. The van der Waals surface area contributed by atoms with Crippen molar-refractivity contribution in [2.24, 2.45) is 10.7 Å². The molecule has 3 N–H and O–H groups in total. The number of methoxy groups -OCH3 is 1. The van der Waals surface area contributed by atoms with E-state index in [9.17, 15) is 0 Å². The Morgan fingerprint density at radius 1 is 1.12 bits per heavy atom. The Kier molecular flexibility index (Phi) is 6.95. The lowest BCUT2D eigenvalue weighted by atomic mass is 10.1. The summed E-state index contributed by atoms with van der Waals surface area (Å²) in [5, 5.41) is 3.11. The lowest BCUT2D eigenvalue weighted by Crippen LogP contribution is -2.23. The monoisotopic (exact) mass is 327 g/mol. The quantitative estimate of drug-likeness (QED) is 0.443. The van der Waals surface area contributed by atoms with Gasteiger partial charge in [-0.1, -0.05) is 19.1 Å². The number of anilines is 1. The van der Waals surface area contributed by atoms with E-state index in [1.807, 2.05) is 36.4 Å². The highest BCUT2D eigenvalue weighted by Gasteiger charge is 1.98. The molecule has 2 rings (SSSR count). The van der Waals surface area contributed by atoms with Crippen molar-refractivity contribution in [3.63, 3.8) is 0 Å². The third-order valence-electron chi connectivity index (χ3n) is 3.52. The number of nitrogens with one attached hydrogen (secondary N) is 1. The van der Waals surface area contributed by atoms with E-state index in [1.165, 1.54) is 5.56 Å². The largest absolute Gasteiger partial charge is 0.497 e. The van der Waals surface area contributed by atoms with Crippen molar-refractivity contribution in [2.75, 3.05) is 25.6 Å². The third kappa shape index (κ3) is 5.83. The minimum Gasteiger partial charge on any atom is -0.497 e. The van der Waals surface area contributed by atoms with Gasteiger partial charge in [-0.2, -0.15) is 0 Å². The highest BCUT2D eigenvalue weighted by atomic mass is 16.5. The van der Waals surface area contributed by atoms with Crippen LogP contribution in [-0.4, -0.2) is 26.2 Å². The van der Waals surface area contributed by atoms with Gasteiger partial charge in [-0.3, -0.25) is 4.99 Å². The molecule has 0 aromatic heterocycles. The van der Waals surface area contributed by atoms with Crippen molar-refractivity contribution in [2.45, 2.75) is 19.8 Å². The lowest BCUT2D eigenvalue weighted by molar-refractivity contribution is 0.313. The number of benzene rings is 2. The zero-order valence-corrected chi connectivity index (χ0v) is 14.3. The minimum absolute atomic E-state index is 0.424. The molecule has 0 saturated carbocycles. The summed E-state index contributed by atoms with van der Waals surface area (Å²) in [6, 6.07) is 15.7. The number of aryl methyl sites for hydroxylation is 1. The van der Waals surface area contributed by atoms with E-state index in [2.05, 4.69) is 29.4 Å². The van der Waals surface area contributed by atoms with E-state index in [0.29, 0.717) is 19.1 Å². The van der Waals surface area contributed by atoms with Crippen molar-refractivity contribution in [3.8, 4) is 11.5 Å². The number of guanidine groups is 1. The summed E-state index contributed by atoms with van der Waals surface area (Å²) in [5.74, 6) is 2.06. The molecule has 5 nitrogen and oxygen atoms in total. The predicted octanol–water partition coefficient (Wildman–Crippen LogP) is 3.45. The molecule has 2 aromatic rings. The zero-order chi connectivity index (χ0) is 17.2. The van der Waals surface area contributed by atoms with Crippen molar-refractivity contribution in [1.82, 2.24) is 0 Å². The van der Waals surface area contributed by atoms with Crippen LogP contribution in [0.3, 0.4) is 0 Å². The number of ether oxygens (including phenoxy) is 2. The van der Waals surface area contributed by atoms with E-state index in [4.69, 9.17) is 15.2 Å². The molecular formula is C19H25N3O2. The van der Waals surface area contributed by atoms with Gasteiger partial charge >= 0.3 is 0 Å². The Balaban J connectivity index is 1.70. The topological polar surface area (TPSA) is 68.9 Å². The number of hydrogen-bond donors (Lipinski definition) is 2. The summed E-state index contributed by atoms with van der Waals surface area (Å²) >= 11 is 0. The molecule has 0 unspecified atom stereocenters. The molecule has 0 fully saturated rings. The fourth-order valence-corrected chi connectivity index (χ4v) is 2.18. The van der Waals surface area contributed by atoms with Gasteiger partial charge < -0.3 is 20.5 Å². The van der Waals surface area contributed by atoms with E-state index < -0.39 is 0 Å². The summed E-state index contributed by atoms with van der Waals surface area (Å²) in [4.78, 5) is 4.32. The molecule has 2 aromatic carbocycles. The highest BCUT2D eigenvalue weighted by molar-refractivity contribution is 5.92. The summed E-state index contributed by atoms with van der Waals surface area (Å²) in [7, 11) is 1.64. The van der Waals surface area contributed by atoms with Gasteiger partial charge in [0.2, 0.25) is 0 Å². The number of rotatable bonds is 8. The maximum atomic E-state index is 5.91. The van der Waals surface area contributed by atoms with Crippen molar-refractivity contribution in [1.29, 1.82) is 0 Å². The van der Waals surface area contributed by atoms with Crippen LogP contribution >= 0.6 is 0 Å². The van der Waals surface area contributed by atoms with E-state index in [1.54, 1.807) is 7.11 Å². The average Bonchev–Trinajstić information content (AvgIpc) is 2.62. The lowest BCUT2D eigenvalue weighted by Gasteiger charge is -2.08. The molecule has 0 bridgehead atoms. The minimum atomic E-state index is 0.424.